The Balaban J connectivity index is 2.01. The van der Waals surface area contributed by atoms with E-state index >= 15 is 0 Å². The molecule has 0 saturated heterocycles. The molecule has 3 N–H and O–H groups in total. The predicted octanol–water partition coefficient (Wildman–Crippen LogP) is 5.76. The summed E-state index contributed by atoms with van der Waals surface area (Å²) in [6.07, 6.45) is 13.3. The van der Waals surface area contributed by atoms with Crippen LogP contribution in [0.15, 0.2) is 36.4 Å². The van der Waals surface area contributed by atoms with E-state index in [-0.39, 0.29) is 31.5 Å². The number of nitrogens with zero attached hydrogens (tertiary/aromatic N) is 2. The molecule has 1 aromatic heterocycles. The van der Waals surface area contributed by atoms with Crippen molar-refractivity contribution >= 4 is 47.1 Å². The number of pyridine rings is 1. The Bertz CT molecular complexity index is 1120. The SMILES string of the molecule is NC(=O)C[C@H](CCCCCCCCCCCCC=O)C(=O)[C@H](CCCC(=O)O)N(C=O)c1ccc2ccccc2n1. The molecule has 2 rings (SSSR count). The summed E-state index contributed by atoms with van der Waals surface area (Å²) in [5, 5.41) is 10.0. The number of para-hydroxylation sites is 1. The highest BCUT2D eigenvalue weighted by Gasteiger charge is 2.33. The van der Waals surface area contributed by atoms with Crippen LogP contribution >= 0.6 is 0 Å². The van der Waals surface area contributed by atoms with Crippen molar-refractivity contribution in [2.45, 2.75) is 109 Å². The second-order valence-electron chi connectivity index (χ2n) is 10.7. The van der Waals surface area contributed by atoms with Crippen LogP contribution in [0.1, 0.15) is 103 Å². The van der Waals surface area contributed by atoms with E-state index in [9.17, 15) is 24.0 Å². The minimum Gasteiger partial charge on any atom is -0.481 e. The van der Waals surface area contributed by atoms with Crippen LogP contribution in [0.25, 0.3) is 10.9 Å². The number of anilines is 1. The molecule has 0 spiro atoms. The second-order valence-corrected chi connectivity index (χ2v) is 10.7. The number of carbonyl (C=O) groups is 5. The van der Waals surface area contributed by atoms with Crippen molar-refractivity contribution in [2.75, 3.05) is 4.90 Å². The monoisotopic (exact) mass is 567 g/mol. The van der Waals surface area contributed by atoms with Gasteiger partial charge >= 0.3 is 5.97 Å². The highest BCUT2D eigenvalue weighted by molar-refractivity contribution is 5.96. The fourth-order valence-electron chi connectivity index (χ4n) is 5.24. The minimum absolute atomic E-state index is 0.115. The maximum absolute atomic E-state index is 13.8. The van der Waals surface area contributed by atoms with Crippen LogP contribution in [0.4, 0.5) is 5.82 Å². The van der Waals surface area contributed by atoms with Gasteiger partial charge in [0.2, 0.25) is 12.3 Å². The lowest BCUT2D eigenvalue weighted by molar-refractivity contribution is -0.137. The first-order chi connectivity index (χ1) is 19.9. The van der Waals surface area contributed by atoms with Crippen molar-refractivity contribution in [3.05, 3.63) is 36.4 Å². The molecule has 9 heteroatoms. The molecule has 0 saturated carbocycles. The molecule has 0 fully saturated rings. The molecular weight excluding hydrogens is 522 g/mol. The molecule has 0 aliphatic heterocycles. The number of benzene rings is 1. The number of ketones is 1. The summed E-state index contributed by atoms with van der Waals surface area (Å²) in [4.78, 5) is 65.4. The zero-order valence-corrected chi connectivity index (χ0v) is 24.0. The van der Waals surface area contributed by atoms with Crippen LogP contribution in [0.2, 0.25) is 0 Å². The molecule has 1 heterocycles. The number of fused-ring (bicyclic) bond motifs is 1. The van der Waals surface area contributed by atoms with Crippen LogP contribution in [0.3, 0.4) is 0 Å². The first-order valence-corrected chi connectivity index (χ1v) is 14.9. The molecule has 0 bridgehead atoms. The Labute approximate surface area is 242 Å². The topological polar surface area (TPSA) is 148 Å². The summed E-state index contributed by atoms with van der Waals surface area (Å²) >= 11 is 0. The summed E-state index contributed by atoms with van der Waals surface area (Å²) < 4.78 is 0. The molecule has 0 unspecified atom stereocenters. The van der Waals surface area contributed by atoms with E-state index in [0.717, 1.165) is 63.0 Å². The van der Waals surface area contributed by atoms with Gasteiger partial charge in [-0.3, -0.25) is 24.1 Å². The van der Waals surface area contributed by atoms with Crippen molar-refractivity contribution in [1.29, 1.82) is 0 Å². The van der Waals surface area contributed by atoms with E-state index < -0.39 is 23.8 Å². The molecule has 41 heavy (non-hydrogen) atoms. The van der Waals surface area contributed by atoms with Crippen molar-refractivity contribution in [1.82, 2.24) is 4.98 Å². The van der Waals surface area contributed by atoms with Gasteiger partial charge in [0.1, 0.15) is 12.1 Å². The van der Waals surface area contributed by atoms with Gasteiger partial charge in [-0.25, -0.2) is 4.98 Å². The van der Waals surface area contributed by atoms with Crippen LogP contribution in [0.5, 0.6) is 0 Å². The van der Waals surface area contributed by atoms with Crippen LogP contribution in [-0.2, 0) is 24.0 Å². The van der Waals surface area contributed by atoms with E-state index in [0.29, 0.717) is 30.6 Å². The Hall–Kier alpha value is -3.62. The first-order valence-electron chi connectivity index (χ1n) is 14.9. The Morgan fingerprint density at radius 2 is 1.46 bits per heavy atom. The van der Waals surface area contributed by atoms with Crippen molar-refractivity contribution in [3.63, 3.8) is 0 Å². The molecule has 2 aromatic rings. The summed E-state index contributed by atoms with van der Waals surface area (Å²) in [7, 11) is 0. The lowest BCUT2D eigenvalue weighted by atomic mass is 9.87. The van der Waals surface area contributed by atoms with Gasteiger partial charge < -0.3 is 15.6 Å². The number of hydrogen-bond donors (Lipinski definition) is 2. The molecular formula is C32H45N3O6. The standard InChI is InChI=1S/C32H45N3O6/c33-29(38)23-26(16-10-8-6-4-2-1-3-5-7-9-13-22-36)32(41)28(18-14-19-31(39)40)35(24-37)30-21-20-25-15-11-12-17-27(25)34-30/h11-12,15,17,20-22,24,26,28H,1-10,13-14,16,18-19,23H2,(H2,33,38)(H,39,40)/t26-,28-/m0/s1. The maximum atomic E-state index is 13.8. The smallest absolute Gasteiger partial charge is 0.303 e. The molecule has 0 radical (unpaired) electrons. The number of aldehydes is 1. The normalized spacial score (nSPS) is 12.5. The van der Waals surface area contributed by atoms with Crippen LogP contribution in [0, 0.1) is 5.92 Å². The number of aliphatic carboxylic acids is 1. The molecule has 2 atom stereocenters. The van der Waals surface area contributed by atoms with Gasteiger partial charge in [0.15, 0.2) is 5.78 Å². The molecule has 0 aliphatic rings. The molecule has 0 aliphatic carbocycles. The number of primary amides is 1. The highest BCUT2D eigenvalue weighted by atomic mass is 16.4. The zero-order valence-electron chi connectivity index (χ0n) is 24.0. The minimum atomic E-state index is -0.982. The average Bonchev–Trinajstić information content (AvgIpc) is 2.96. The van der Waals surface area contributed by atoms with E-state index in [1.54, 1.807) is 6.07 Å². The molecule has 2 amide bonds. The molecule has 1 aromatic carbocycles. The van der Waals surface area contributed by atoms with E-state index in [2.05, 4.69) is 4.98 Å². The number of carboxylic acids is 1. The number of Topliss-reactive ketones (excluding diaryl/α,β-unsaturated/α-hetero) is 1. The van der Waals surface area contributed by atoms with Gasteiger partial charge in [0.05, 0.1) is 11.6 Å². The fourth-order valence-corrected chi connectivity index (χ4v) is 5.24. The summed E-state index contributed by atoms with van der Waals surface area (Å²) in [5.74, 6) is -2.21. The van der Waals surface area contributed by atoms with Gasteiger partial charge in [-0.15, -0.1) is 0 Å². The summed E-state index contributed by atoms with van der Waals surface area (Å²) in [6, 6.07) is 9.97. The third-order valence-corrected chi connectivity index (χ3v) is 7.47. The number of aromatic nitrogens is 1. The maximum Gasteiger partial charge on any atom is 0.303 e. The highest BCUT2D eigenvalue weighted by Crippen LogP contribution is 2.26. The lowest BCUT2D eigenvalue weighted by Crippen LogP contribution is -2.44. The Morgan fingerprint density at radius 1 is 0.829 bits per heavy atom. The van der Waals surface area contributed by atoms with Crippen LogP contribution < -0.4 is 10.6 Å². The summed E-state index contributed by atoms with van der Waals surface area (Å²) in [5.41, 5.74) is 6.18. The Morgan fingerprint density at radius 3 is 2.07 bits per heavy atom. The number of carbonyl (C=O) groups excluding carboxylic acids is 4. The zero-order chi connectivity index (χ0) is 29.9. The fraction of sp³-hybridized carbons (Fsp3) is 0.562. The third kappa shape index (κ3) is 12.6. The van der Waals surface area contributed by atoms with Crippen molar-refractivity contribution in [3.8, 4) is 0 Å². The van der Waals surface area contributed by atoms with E-state index in [4.69, 9.17) is 10.8 Å². The van der Waals surface area contributed by atoms with E-state index in [1.165, 1.54) is 17.7 Å². The van der Waals surface area contributed by atoms with Crippen LogP contribution in [-0.4, -0.2) is 46.5 Å². The lowest BCUT2D eigenvalue weighted by Gasteiger charge is -2.29. The molecule has 224 valence electrons. The number of unbranched alkanes of at least 4 members (excludes halogenated alkanes) is 10. The van der Waals surface area contributed by atoms with Gasteiger partial charge in [0.25, 0.3) is 0 Å². The van der Waals surface area contributed by atoms with Gasteiger partial charge in [-0.05, 0) is 43.9 Å². The van der Waals surface area contributed by atoms with Crippen molar-refractivity contribution < 1.29 is 29.1 Å². The number of amides is 2. The second kappa shape index (κ2) is 19.5. The number of rotatable bonds is 24. The van der Waals surface area contributed by atoms with E-state index in [1.807, 2.05) is 30.3 Å². The van der Waals surface area contributed by atoms with Gasteiger partial charge in [-0.2, -0.15) is 0 Å². The summed E-state index contributed by atoms with van der Waals surface area (Å²) in [6.45, 7) is 0. The third-order valence-electron chi connectivity index (χ3n) is 7.47. The quantitative estimate of drug-likeness (QED) is 0.121. The van der Waals surface area contributed by atoms with Gasteiger partial charge in [0, 0.05) is 30.6 Å². The number of carboxylic acid groups (broad SMARTS) is 1. The first kappa shape index (κ1) is 33.6. The molecule has 9 nitrogen and oxygen atoms in total. The number of nitrogens with two attached hydrogens (primary N) is 1. The number of hydrogen-bond acceptors (Lipinski definition) is 6. The largest absolute Gasteiger partial charge is 0.481 e. The van der Waals surface area contributed by atoms with Crippen molar-refractivity contribution in [2.24, 2.45) is 11.7 Å². The predicted molar refractivity (Wildman–Crippen MR) is 159 cm³/mol. The van der Waals surface area contributed by atoms with Gasteiger partial charge in [-0.1, -0.05) is 76.0 Å². The Kier molecular flexibility index (Phi) is 15.9. The average molecular weight is 568 g/mol.